The summed E-state index contributed by atoms with van der Waals surface area (Å²) in [6.07, 6.45) is 1.57. The van der Waals surface area contributed by atoms with Gasteiger partial charge in [0.25, 0.3) is 0 Å². The molecule has 3 nitrogen and oxygen atoms in total. The van der Waals surface area contributed by atoms with Crippen molar-refractivity contribution in [2.75, 3.05) is 24.6 Å². The molecule has 1 aromatic carbocycles. The lowest BCUT2D eigenvalue weighted by Crippen LogP contribution is -2.20. The summed E-state index contributed by atoms with van der Waals surface area (Å²) < 4.78 is 4.99. The first-order valence-electron chi connectivity index (χ1n) is 6.35. The summed E-state index contributed by atoms with van der Waals surface area (Å²) in [7, 11) is 0. The Morgan fingerprint density at radius 3 is 2.83 bits per heavy atom. The first kappa shape index (κ1) is 13.2. The molecule has 0 aliphatic carbocycles. The van der Waals surface area contributed by atoms with Gasteiger partial charge in [-0.15, -0.1) is 0 Å². The largest absolute Gasteiger partial charge is 0.466 e. The Labute approximate surface area is 113 Å². The Kier molecular flexibility index (Phi) is 4.48. The third-order valence-corrected chi connectivity index (χ3v) is 3.49. The van der Waals surface area contributed by atoms with Gasteiger partial charge in [0.15, 0.2) is 0 Å². The lowest BCUT2D eigenvalue weighted by Gasteiger charge is -2.18. The van der Waals surface area contributed by atoms with Crippen molar-refractivity contribution < 1.29 is 9.53 Å². The molecule has 0 spiro atoms. The quantitative estimate of drug-likeness (QED) is 0.785. The summed E-state index contributed by atoms with van der Waals surface area (Å²) in [5.74, 6) is 0.320. The van der Waals surface area contributed by atoms with Crippen LogP contribution in [0.1, 0.15) is 19.8 Å². The first-order chi connectivity index (χ1) is 8.69. The van der Waals surface area contributed by atoms with Crippen LogP contribution in [0.5, 0.6) is 0 Å². The van der Waals surface area contributed by atoms with E-state index in [0.29, 0.717) is 18.9 Å². The van der Waals surface area contributed by atoms with Gasteiger partial charge < -0.3 is 9.64 Å². The van der Waals surface area contributed by atoms with E-state index in [-0.39, 0.29) is 5.97 Å². The van der Waals surface area contributed by atoms with E-state index < -0.39 is 0 Å². The fraction of sp³-hybridized carbons (Fsp3) is 0.500. The number of carbonyl (C=O) groups excluding carboxylic acids is 1. The van der Waals surface area contributed by atoms with Gasteiger partial charge in [0, 0.05) is 23.8 Å². The summed E-state index contributed by atoms with van der Waals surface area (Å²) >= 11 is 5.87. The molecule has 0 radical (unpaired) electrons. The topological polar surface area (TPSA) is 29.5 Å². The van der Waals surface area contributed by atoms with Gasteiger partial charge in [-0.25, -0.2) is 0 Å². The molecule has 1 aliphatic heterocycles. The summed E-state index contributed by atoms with van der Waals surface area (Å²) in [6.45, 7) is 4.21. The van der Waals surface area contributed by atoms with Crippen LogP contribution in [-0.2, 0) is 9.53 Å². The number of halogens is 1. The molecule has 1 aromatic rings. The van der Waals surface area contributed by atoms with Crippen LogP contribution in [0.4, 0.5) is 5.69 Å². The molecule has 1 aliphatic rings. The fourth-order valence-electron chi connectivity index (χ4n) is 2.34. The normalized spacial score (nSPS) is 19.0. The van der Waals surface area contributed by atoms with Crippen LogP contribution in [0.2, 0.25) is 5.02 Å². The van der Waals surface area contributed by atoms with Gasteiger partial charge in [-0.2, -0.15) is 0 Å². The van der Waals surface area contributed by atoms with Crippen LogP contribution in [-0.4, -0.2) is 25.7 Å². The summed E-state index contributed by atoms with van der Waals surface area (Å²) in [4.78, 5) is 13.7. The zero-order valence-corrected chi connectivity index (χ0v) is 11.3. The minimum Gasteiger partial charge on any atom is -0.466 e. The summed E-state index contributed by atoms with van der Waals surface area (Å²) in [5, 5.41) is 0.751. The highest BCUT2D eigenvalue weighted by molar-refractivity contribution is 6.30. The molecule has 1 unspecified atom stereocenters. The zero-order chi connectivity index (χ0) is 13.0. The van der Waals surface area contributed by atoms with Crippen molar-refractivity contribution in [3.05, 3.63) is 29.3 Å². The smallest absolute Gasteiger partial charge is 0.306 e. The lowest BCUT2D eigenvalue weighted by atomic mass is 10.1. The summed E-state index contributed by atoms with van der Waals surface area (Å²) in [5.41, 5.74) is 1.17. The number of ether oxygens (including phenoxy) is 1. The van der Waals surface area contributed by atoms with Gasteiger partial charge in [0.05, 0.1) is 13.0 Å². The molecule has 1 saturated heterocycles. The SMILES string of the molecule is CCOC(=O)CC1CCN(c2ccc(Cl)cc2)C1. The molecular weight excluding hydrogens is 250 g/mol. The molecule has 4 heteroatoms. The molecule has 1 heterocycles. The maximum Gasteiger partial charge on any atom is 0.306 e. The third kappa shape index (κ3) is 3.39. The predicted octanol–water partition coefficient (Wildman–Crippen LogP) is 3.12. The van der Waals surface area contributed by atoms with Crippen LogP contribution in [0, 0.1) is 5.92 Å². The Morgan fingerprint density at radius 2 is 2.17 bits per heavy atom. The highest BCUT2D eigenvalue weighted by Crippen LogP contribution is 2.26. The van der Waals surface area contributed by atoms with E-state index in [1.54, 1.807) is 0 Å². The second-order valence-electron chi connectivity index (χ2n) is 4.59. The van der Waals surface area contributed by atoms with Crippen LogP contribution in [0.15, 0.2) is 24.3 Å². The van der Waals surface area contributed by atoms with E-state index in [0.717, 1.165) is 24.5 Å². The van der Waals surface area contributed by atoms with Gasteiger partial charge in [-0.05, 0) is 43.5 Å². The van der Waals surface area contributed by atoms with E-state index in [2.05, 4.69) is 4.90 Å². The van der Waals surface area contributed by atoms with Crippen molar-refractivity contribution in [2.24, 2.45) is 5.92 Å². The molecule has 0 bridgehead atoms. The Hall–Kier alpha value is -1.22. The monoisotopic (exact) mass is 267 g/mol. The minimum atomic E-state index is -0.0829. The van der Waals surface area contributed by atoms with Gasteiger partial charge in [-0.1, -0.05) is 11.6 Å². The van der Waals surface area contributed by atoms with Crippen LogP contribution >= 0.6 is 11.6 Å². The molecule has 18 heavy (non-hydrogen) atoms. The van der Waals surface area contributed by atoms with Gasteiger partial charge >= 0.3 is 5.97 Å². The second-order valence-corrected chi connectivity index (χ2v) is 5.02. The van der Waals surface area contributed by atoms with Crippen LogP contribution < -0.4 is 4.90 Å². The van der Waals surface area contributed by atoms with Crippen molar-refractivity contribution in [2.45, 2.75) is 19.8 Å². The van der Waals surface area contributed by atoms with E-state index in [9.17, 15) is 4.79 Å². The van der Waals surface area contributed by atoms with Crippen LogP contribution in [0.3, 0.4) is 0 Å². The molecular formula is C14H18ClNO2. The Balaban J connectivity index is 1.88. The number of benzene rings is 1. The molecule has 1 fully saturated rings. The maximum absolute atomic E-state index is 11.4. The molecule has 0 N–H and O–H groups in total. The Morgan fingerprint density at radius 1 is 1.44 bits per heavy atom. The number of anilines is 1. The lowest BCUT2D eigenvalue weighted by molar-refractivity contribution is -0.144. The van der Waals surface area contributed by atoms with Crippen LogP contribution in [0.25, 0.3) is 0 Å². The maximum atomic E-state index is 11.4. The zero-order valence-electron chi connectivity index (χ0n) is 10.6. The standard InChI is InChI=1S/C14H18ClNO2/c1-2-18-14(17)9-11-7-8-16(10-11)13-5-3-12(15)4-6-13/h3-6,11H,2,7-10H2,1H3. The molecule has 1 atom stereocenters. The van der Waals surface area contributed by atoms with Crippen molar-refractivity contribution in [1.82, 2.24) is 0 Å². The molecule has 0 aromatic heterocycles. The molecule has 98 valence electrons. The van der Waals surface area contributed by atoms with E-state index in [1.165, 1.54) is 5.69 Å². The van der Waals surface area contributed by atoms with Crippen molar-refractivity contribution in [3.63, 3.8) is 0 Å². The number of hydrogen-bond donors (Lipinski definition) is 0. The molecule has 2 rings (SSSR count). The number of hydrogen-bond acceptors (Lipinski definition) is 3. The van der Waals surface area contributed by atoms with E-state index in [4.69, 9.17) is 16.3 Å². The number of carbonyl (C=O) groups is 1. The van der Waals surface area contributed by atoms with Crippen molar-refractivity contribution >= 4 is 23.3 Å². The number of rotatable bonds is 4. The second kappa shape index (κ2) is 6.10. The first-order valence-corrected chi connectivity index (χ1v) is 6.73. The average molecular weight is 268 g/mol. The highest BCUT2D eigenvalue weighted by Gasteiger charge is 2.25. The van der Waals surface area contributed by atoms with Crippen molar-refractivity contribution in [1.29, 1.82) is 0 Å². The average Bonchev–Trinajstić information content (AvgIpc) is 2.78. The van der Waals surface area contributed by atoms with Gasteiger partial charge in [0.1, 0.15) is 0 Å². The minimum absolute atomic E-state index is 0.0829. The van der Waals surface area contributed by atoms with Gasteiger partial charge in [-0.3, -0.25) is 4.79 Å². The molecule has 0 saturated carbocycles. The van der Waals surface area contributed by atoms with E-state index >= 15 is 0 Å². The predicted molar refractivity (Wildman–Crippen MR) is 73.0 cm³/mol. The Bertz CT molecular complexity index is 405. The molecule has 0 amide bonds. The summed E-state index contributed by atoms with van der Waals surface area (Å²) in [6, 6.07) is 7.84. The fourth-order valence-corrected chi connectivity index (χ4v) is 2.47. The van der Waals surface area contributed by atoms with Crippen molar-refractivity contribution in [3.8, 4) is 0 Å². The third-order valence-electron chi connectivity index (χ3n) is 3.24. The van der Waals surface area contributed by atoms with E-state index in [1.807, 2.05) is 31.2 Å². The van der Waals surface area contributed by atoms with Gasteiger partial charge in [0.2, 0.25) is 0 Å². The number of nitrogens with zero attached hydrogens (tertiary/aromatic N) is 1. The highest BCUT2D eigenvalue weighted by atomic mass is 35.5. The number of esters is 1.